The third-order valence-electron chi connectivity index (χ3n) is 5.38. The molecule has 0 fully saturated rings. The van der Waals surface area contributed by atoms with Gasteiger partial charge in [-0.1, -0.05) is 24.3 Å². The predicted molar refractivity (Wildman–Crippen MR) is 107 cm³/mol. The molecule has 3 aromatic rings. The Labute approximate surface area is 164 Å². The van der Waals surface area contributed by atoms with Gasteiger partial charge in [0.2, 0.25) is 11.7 Å². The topological polar surface area (TPSA) is 63.8 Å². The summed E-state index contributed by atoms with van der Waals surface area (Å²) < 4.78 is 16.5. The fourth-order valence-corrected chi connectivity index (χ4v) is 3.95. The smallest absolute Gasteiger partial charge is 0.227 e. The molecule has 0 unspecified atom stereocenters. The van der Waals surface area contributed by atoms with E-state index in [2.05, 4.69) is 23.2 Å². The van der Waals surface area contributed by atoms with E-state index < -0.39 is 0 Å². The minimum Gasteiger partial charge on any atom is -0.493 e. The zero-order chi connectivity index (χ0) is 19.7. The third kappa shape index (κ3) is 3.05. The van der Waals surface area contributed by atoms with Crippen molar-refractivity contribution in [3.63, 3.8) is 0 Å². The molecule has 0 radical (unpaired) electrons. The van der Waals surface area contributed by atoms with E-state index in [1.165, 1.54) is 11.1 Å². The highest BCUT2D eigenvalue weighted by Crippen LogP contribution is 2.44. The van der Waals surface area contributed by atoms with Gasteiger partial charge in [-0.2, -0.15) is 0 Å². The molecule has 2 heterocycles. The molecule has 1 amide bonds. The summed E-state index contributed by atoms with van der Waals surface area (Å²) in [5, 5.41) is 0.853. The van der Waals surface area contributed by atoms with Gasteiger partial charge in [0.25, 0.3) is 0 Å². The molecule has 0 atom stereocenters. The van der Waals surface area contributed by atoms with Crippen molar-refractivity contribution in [3.8, 4) is 17.2 Å². The number of nitrogens with zero attached hydrogens (tertiary/aromatic N) is 1. The van der Waals surface area contributed by atoms with Crippen molar-refractivity contribution in [2.45, 2.75) is 19.4 Å². The molecule has 2 aromatic carbocycles. The molecule has 1 N–H and O–H groups in total. The van der Waals surface area contributed by atoms with Crippen LogP contribution in [-0.2, 0) is 24.2 Å². The fourth-order valence-electron chi connectivity index (χ4n) is 3.95. The first kappa shape index (κ1) is 18.2. The van der Waals surface area contributed by atoms with Crippen molar-refractivity contribution in [3.05, 3.63) is 53.2 Å². The lowest BCUT2D eigenvalue weighted by atomic mass is 9.99. The number of amides is 1. The molecule has 6 heteroatoms. The van der Waals surface area contributed by atoms with Crippen LogP contribution in [0.2, 0.25) is 0 Å². The molecule has 4 rings (SSSR count). The zero-order valence-corrected chi connectivity index (χ0v) is 16.4. The van der Waals surface area contributed by atoms with Crippen molar-refractivity contribution in [2.75, 3.05) is 27.9 Å². The van der Waals surface area contributed by atoms with Crippen LogP contribution in [0.15, 0.2) is 36.5 Å². The van der Waals surface area contributed by atoms with E-state index >= 15 is 0 Å². The number of ether oxygens (including phenoxy) is 3. The maximum atomic E-state index is 13.0. The first-order valence-electron chi connectivity index (χ1n) is 9.29. The van der Waals surface area contributed by atoms with Crippen LogP contribution in [0, 0.1) is 0 Å². The Kier molecular flexibility index (Phi) is 4.86. The van der Waals surface area contributed by atoms with Crippen LogP contribution in [0.4, 0.5) is 0 Å². The molecule has 1 aliphatic heterocycles. The molecule has 0 saturated heterocycles. The molecule has 0 aliphatic carbocycles. The number of H-pyrrole nitrogens is 1. The first-order chi connectivity index (χ1) is 13.7. The van der Waals surface area contributed by atoms with Gasteiger partial charge in [-0.3, -0.25) is 4.79 Å². The number of hydrogen-bond acceptors (Lipinski definition) is 4. The number of carbonyl (C=O) groups is 1. The van der Waals surface area contributed by atoms with Gasteiger partial charge in [-0.15, -0.1) is 0 Å². The van der Waals surface area contributed by atoms with Crippen LogP contribution in [0.25, 0.3) is 10.9 Å². The molecule has 0 spiro atoms. The second-order valence-electron chi connectivity index (χ2n) is 6.89. The lowest BCUT2D eigenvalue weighted by Crippen LogP contribution is -2.36. The van der Waals surface area contributed by atoms with Crippen LogP contribution in [0.3, 0.4) is 0 Å². The van der Waals surface area contributed by atoms with Crippen molar-refractivity contribution >= 4 is 16.8 Å². The van der Waals surface area contributed by atoms with Gasteiger partial charge in [0, 0.05) is 30.7 Å². The summed E-state index contributed by atoms with van der Waals surface area (Å²) in [6, 6.07) is 10.2. The van der Waals surface area contributed by atoms with E-state index in [1.54, 1.807) is 21.3 Å². The van der Waals surface area contributed by atoms with Gasteiger partial charge in [-0.25, -0.2) is 0 Å². The van der Waals surface area contributed by atoms with Crippen LogP contribution in [0.1, 0.15) is 16.7 Å². The first-order valence-corrected chi connectivity index (χ1v) is 9.29. The van der Waals surface area contributed by atoms with Crippen molar-refractivity contribution in [2.24, 2.45) is 0 Å². The van der Waals surface area contributed by atoms with Gasteiger partial charge in [0.1, 0.15) is 0 Å². The van der Waals surface area contributed by atoms with Gasteiger partial charge < -0.3 is 24.1 Å². The number of fused-ring (bicyclic) bond motifs is 2. The summed E-state index contributed by atoms with van der Waals surface area (Å²) in [7, 11) is 4.76. The highest BCUT2D eigenvalue weighted by molar-refractivity contribution is 5.96. The Hall–Kier alpha value is -3.15. The third-order valence-corrected chi connectivity index (χ3v) is 5.38. The van der Waals surface area contributed by atoms with Crippen molar-refractivity contribution < 1.29 is 19.0 Å². The summed E-state index contributed by atoms with van der Waals surface area (Å²) in [5.74, 6) is 1.79. The molecule has 1 aromatic heterocycles. The maximum Gasteiger partial charge on any atom is 0.227 e. The summed E-state index contributed by atoms with van der Waals surface area (Å²) in [4.78, 5) is 18.2. The SMILES string of the molecule is COc1cc2[nH]cc(CC(=O)N3CCc4ccccc4C3)c2c(OC)c1OC. The van der Waals surface area contributed by atoms with Gasteiger partial charge in [-0.05, 0) is 23.1 Å². The van der Waals surface area contributed by atoms with E-state index in [-0.39, 0.29) is 5.91 Å². The Morgan fingerprint density at radius 2 is 1.82 bits per heavy atom. The number of carbonyl (C=O) groups excluding carboxylic acids is 1. The molecule has 0 saturated carbocycles. The van der Waals surface area contributed by atoms with E-state index in [1.807, 2.05) is 23.2 Å². The maximum absolute atomic E-state index is 13.0. The molecule has 0 bridgehead atoms. The number of hydrogen-bond donors (Lipinski definition) is 1. The number of rotatable bonds is 5. The summed E-state index contributed by atoms with van der Waals surface area (Å²) in [5.41, 5.74) is 4.29. The Bertz CT molecular complexity index is 1020. The van der Waals surface area contributed by atoms with E-state index in [0.29, 0.717) is 30.2 Å². The minimum absolute atomic E-state index is 0.104. The summed E-state index contributed by atoms with van der Waals surface area (Å²) in [6.07, 6.45) is 3.06. The quantitative estimate of drug-likeness (QED) is 0.738. The average Bonchev–Trinajstić information content (AvgIpc) is 3.14. The number of methoxy groups -OCH3 is 3. The van der Waals surface area contributed by atoms with Gasteiger partial charge >= 0.3 is 0 Å². The molecular formula is C22H24N2O4. The van der Waals surface area contributed by atoms with Gasteiger partial charge in [0.15, 0.2) is 11.5 Å². The minimum atomic E-state index is 0.104. The number of nitrogens with one attached hydrogen (secondary N) is 1. The number of benzene rings is 2. The molecule has 1 aliphatic rings. The van der Waals surface area contributed by atoms with Crippen LogP contribution < -0.4 is 14.2 Å². The summed E-state index contributed by atoms with van der Waals surface area (Å²) >= 11 is 0. The standard InChI is InChI=1S/C22H24N2O4/c1-26-18-11-17-20(22(28-3)21(18)27-2)16(12-23-17)10-19(25)24-9-8-14-6-4-5-7-15(14)13-24/h4-7,11-12,23H,8-10,13H2,1-3H3. The van der Waals surface area contributed by atoms with Gasteiger partial charge in [0.05, 0.1) is 33.3 Å². The Balaban J connectivity index is 1.64. The monoisotopic (exact) mass is 380 g/mol. The highest BCUT2D eigenvalue weighted by atomic mass is 16.5. The van der Waals surface area contributed by atoms with Crippen LogP contribution >= 0.6 is 0 Å². The number of aromatic amines is 1. The summed E-state index contributed by atoms with van der Waals surface area (Å²) in [6.45, 7) is 1.40. The second kappa shape index (κ2) is 7.46. The molecular weight excluding hydrogens is 356 g/mol. The lowest BCUT2D eigenvalue weighted by Gasteiger charge is -2.29. The van der Waals surface area contributed by atoms with Crippen molar-refractivity contribution in [1.82, 2.24) is 9.88 Å². The van der Waals surface area contributed by atoms with Crippen molar-refractivity contribution in [1.29, 1.82) is 0 Å². The predicted octanol–water partition coefficient (Wildman–Crippen LogP) is 3.32. The average molecular weight is 380 g/mol. The normalized spacial score (nSPS) is 13.3. The molecule has 146 valence electrons. The lowest BCUT2D eigenvalue weighted by molar-refractivity contribution is -0.131. The second-order valence-corrected chi connectivity index (χ2v) is 6.89. The fraction of sp³-hybridized carbons (Fsp3) is 0.318. The van der Waals surface area contributed by atoms with E-state index in [0.717, 1.165) is 29.4 Å². The Morgan fingerprint density at radius 1 is 1.07 bits per heavy atom. The van der Waals surface area contributed by atoms with E-state index in [4.69, 9.17) is 14.2 Å². The highest BCUT2D eigenvalue weighted by Gasteiger charge is 2.24. The largest absolute Gasteiger partial charge is 0.493 e. The Morgan fingerprint density at radius 3 is 2.54 bits per heavy atom. The van der Waals surface area contributed by atoms with Crippen LogP contribution in [-0.4, -0.2) is 43.7 Å². The number of aromatic nitrogens is 1. The molecule has 6 nitrogen and oxygen atoms in total. The zero-order valence-electron chi connectivity index (χ0n) is 16.4. The molecule has 28 heavy (non-hydrogen) atoms. The van der Waals surface area contributed by atoms with E-state index in [9.17, 15) is 4.79 Å². The van der Waals surface area contributed by atoms with Crippen LogP contribution in [0.5, 0.6) is 17.2 Å².